The molecular formula is C22H30ClN4O2+. The molecule has 29 heavy (non-hydrogen) atoms. The number of ether oxygens (including phenoxy) is 1. The second-order valence-electron chi connectivity index (χ2n) is 7.34. The number of halogens is 1. The summed E-state index contributed by atoms with van der Waals surface area (Å²) in [5, 5.41) is 6.67. The molecular weight excluding hydrogens is 388 g/mol. The van der Waals surface area contributed by atoms with Gasteiger partial charge in [-0.05, 0) is 56.3 Å². The molecule has 0 bridgehead atoms. The van der Waals surface area contributed by atoms with Gasteiger partial charge in [0.2, 0.25) is 5.91 Å². The predicted octanol–water partition coefficient (Wildman–Crippen LogP) is 2.51. The topological polar surface area (TPSA) is 58.0 Å². The van der Waals surface area contributed by atoms with Crippen molar-refractivity contribution in [3.63, 3.8) is 0 Å². The monoisotopic (exact) mass is 417 g/mol. The van der Waals surface area contributed by atoms with Crippen LogP contribution in [0.1, 0.15) is 13.8 Å². The van der Waals surface area contributed by atoms with Gasteiger partial charge >= 0.3 is 0 Å². The van der Waals surface area contributed by atoms with Crippen LogP contribution in [0.2, 0.25) is 5.02 Å². The summed E-state index contributed by atoms with van der Waals surface area (Å²) in [5.74, 6) is 0.414. The maximum absolute atomic E-state index is 12.6. The van der Waals surface area contributed by atoms with Gasteiger partial charge in [0.15, 0.2) is 0 Å². The van der Waals surface area contributed by atoms with Gasteiger partial charge in [-0.2, -0.15) is 0 Å². The highest BCUT2D eigenvalue weighted by atomic mass is 35.5. The van der Waals surface area contributed by atoms with Gasteiger partial charge in [-0.3, -0.25) is 4.79 Å². The Morgan fingerprint density at radius 2 is 1.90 bits per heavy atom. The van der Waals surface area contributed by atoms with Gasteiger partial charge in [0.25, 0.3) is 0 Å². The number of carbonyl (C=O) groups excluding carboxylic acids is 1. The minimum atomic E-state index is -0.416. The average Bonchev–Trinajstić information content (AvgIpc) is 2.74. The number of quaternary nitrogens is 1. The summed E-state index contributed by atoms with van der Waals surface area (Å²) in [5.41, 5.74) is 2.70. The minimum absolute atomic E-state index is 0.159. The molecule has 0 unspecified atom stereocenters. The van der Waals surface area contributed by atoms with E-state index in [9.17, 15) is 4.79 Å². The summed E-state index contributed by atoms with van der Waals surface area (Å²) in [7, 11) is 1.56. The quantitative estimate of drug-likeness (QED) is 0.648. The molecule has 0 spiro atoms. The van der Waals surface area contributed by atoms with Gasteiger partial charge in [-0.1, -0.05) is 11.6 Å². The number of hydrogen-bond donors (Lipinski definition) is 3. The summed E-state index contributed by atoms with van der Waals surface area (Å²) in [6.45, 7) is 9.78. The van der Waals surface area contributed by atoms with Crippen molar-refractivity contribution in [1.82, 2.24) is 0 Å². The zero-order chi connectivity index (χ0) is 20.8. The lowest BCUT2D eigenvalue weighted by molar-refractivity contribution is -0.898. The molecule has 1 saturated heterocycles. The van der Waals surface area contributed by atoms with Crippen LogP contribution in [0.25, 0.3) is 0 Å². The SMILES string of the molecule is CC[NH+]1CCN(c2ccc(N[C@@H](C)C(=O)Nc3cc(Cl)ccc3OC)cc2)CC1. The van der Waals surface area contributed by atoms with Crippen molar-refractivity contribution in [2.75, 3.05) is 55.4 Å². The van der Waals surface area contributed by atoms with E-state index in [1.807, 2.05) is 19.1 Å². The normalized spacial score (nSPS) is 15.7. The maximum atomic E-state index is 12.6. The Morgan fingerprint density at radius 1 is 1.21 bits per heavy atom. The van der Waals surface area contributed by atoms with Crippen LogP contribution >= 0.6 is 11.6 Å². The summed E-state index contributed by atoms with van der Waals surface area (Å²) < 4.78 is 5.28. The van der Waals surface area contributed by atoms with Crippen LogP contribution < -0.4 is 25.2 Å². The Hall–Kier alpha value is -2.44. The molecule has 1 amide bonds. The first-order valence-corrected chi connectivity index (χ1v) is 10.5. The smallest absolute Gasteiger partial charge is 0.246 e. The van der Waals surface area contributed by atoms with Crippen molar-refractivity contribution < 1.29 is 14.4 Å². The molecule has 0 radical (unpaired) electrons. The largest absolute Gasteiger partial charge is 0.495 e. The molecule has 3 N–H and O–H groups in total. The molecule has 1 fully saturated rings. The number of methoxy groups -OCH3 is 1. The number of carbonyl (C=O) groups is 1. The van der Waals surface area contributed by atoms with Crippen LogP contribution in [0.15, 0.2) is 42.5 Å². The van der Waals surface area contributed by atoms with E-state index >= 15 is 0 Å². The van der Waals surface area contributed by atoms with Crippen LogP contribution in [0.5, 0.6) is 5.75 Å². The third kappa shape index (κ3) is 5.55. The predicted molar refractivity (Wildman–Crippen MR) is 120 cm³/mol. The number of nitrogens with one attached hydrogen (secondary N) is 3. The number of anilines is 3. The lowest BCUT2D eigenvalue weighted by Gasteiger charge is -2.33. The van der Waals surface area contributed by atoms with Gasteiger partial charge < -0.3 is 25.2 Å². The van der Waals surface area contributed by atoms with Crippen LogP contribution in [-0.2, 0) is 4.79 Å². The summed E-state index contributed by atoms with van der Waals surface area (Å²) in [6.07, 6.45) is 0. The highest BCUT2D eigenvalue weighted by Crippen LogP contribution is 2.28. The Bertz CT molecular complexity index is 820. The number of benzene rings is 2. The molecule has 0 aromatic heterocycles. The Balaban J connectivity index is 1.57. The third-order valence-electron chi connectivity index (χ3n) is 5.40. The third-order valence-corrected chi connectivity index (χ3v) is 5.63. The fourth-order valence-electron chi connectivity index (χ4n) is 3.54. The Kier molecular flexibility index (Phi) is 7.23. The number of amides is 1. The first-order chi connectivity index (χ1) is 14.0. The van der Waals surface area contributed by atoms with E-state index in [4.69, 9.17) is 16.3 Å². The number of piperazine rings is 1. The molecule has 1 heterocycles. The van der Waals surface area contributed by atoms with Crippen LogP contribution in [0.3, 0.4) is 0 Å². The summed E-state index contributed by atoms with van der Waals surface area (Å²) >= 11 is 6.03. The number of likely N-dealkylation sites (N-methyl/N-ethyl adjacent to an activating group) is 1. The second kappa shape index (κ2) is 9.85. The fraction of sp³-hybridized carbons (Fsp3) is 0.409. The molecule has 3 rings (SSSR count). The highest BCUT2D eigenvalue weighted by Gasteiger charge is 2.19. The fourth-order valence-corrected chi connectivity index (χ4v) is 3.71. The van der Waals surface area contributed by atoms with E-state index < -0.39 is 6.04 Å². The van der Waals surface area contributed by atoms with Crippen molar-refractivity contribution in [3.05, 3.63) is 47.5 Å². The lowest BCUT2D eigenvalue weighted by Crippen LogP contribution is -3.14. The van der Waals surface area contributed by atoms with Gasteiger partial charge in [0.1, 0.15) is 11.8 Å². The van der Waals surface area contributed by atoms with Crippen molar-refractivity contribution in [1.29, 1.82) is 0 Å². The van der Waals surface area contributed by atoms with Gasteiger partial charge in [0, 0.05) is 16.4 Å². The first kappa shape index (κ1) is 21.3. The summed E-state index contributed by atoms with van der Waals surface area (Å²) in [6, 6.07) is 13.0. The van der Waals surface area contributed by atoms with E-state index in [1.165, 1.54) is 25.3 Å². The molecule has 6 nitrogen and oxygen atoms in total. The van der Waals surface area contributed by atoms with E-state index in [2.05, 4.69) is 34.6 Å². The zero-order valence-corrected chi connectivity index (χ0v) is 18.1. The number of hydrogen-bond acceptors (Lipinski definition) is 4. The van der Waals surface area contributed by atoms with Crippen LogP contribution in [-0.4, -0.2) is 51.8 Å². The van der Waals surface area contributed by atoms with E-state index in [-0.39, 0.29) is 5.91 Å². The first-order valence-electron chi connectivity index (χ1n) is 10.1. The average molecular weight is 418 g/mol. The Labute approximate surface area is 177 Å². The lowest BCUT2D eigenvalue weighted by atomic mass is 10.2. The molecule has 7 heteroatoms. The molecule has 2 aromatic rings. The molecule has 1 aliphatic heterocycles. The standard InChI is InChI=1S/C22H29ClN4O2/c1-4-26-11-13-27(14-12-26)19-8-6-18(7-9-19)24-16(2)22(28)25-20-15-17(23)5-10-21(20)29-3/h5-10,15-16,24H,4,11-14H2,1-3H3,(H,25,28)/p+1/t16-/m0/s1. The maximum Gasteiger partial charge on any atom is 0.246 e. The van der Waals surface area contributed by atoms with E-state index in [1.54, 1.807) is 30.2 Å². The number of rotatable bonds is 7. The molecule has 0 aliphatic carbocycles. The van der Waals surface area contributed by atoms with Crippen LogP contribution in [0.4, 0.5) is 17.1 Å². The van der Waals surface area contributed by atoms with Crippen molar-refractivity contribution >= 4 is 34.6 Å². The summed E-state index contributed by atoms with van der Waals surface area (Å²) in [4.78, 5) is 16.7. The van der Waals surface area contributed by atoms with Gasteiger partial charge in [-0.25, -0.2) is 0 Å². The van der Waals surface area contributed by atoms with E-state index in [0.717, 1.165) is 18.8 Å². The zero-order valence-electron chi connectivity index (χ0n) is 17.3. The Morgan fingerprint density at radius 3 is 2.52 bits per heavy atom. The minimum Gasteiger partial charge on any atom is -0.495 e. The molecule has 0 saturated carbocycles. The van der Waals surface area contributed by atoms with Gasteiger partial charge in [-0.15, -0.1) is 0 Å². The van der Waals surface area contributed by atoms with Crippen LogP contribution in [0, 0.1) is 0 Å². The molecule has 1 atom stereocenters. The van der Waals surface area contributed by atoms with Crippen molar-refractivity contribution in [2.45, 2.75) is 19.9 Å². The molecule has 1 aliphatic rings. The van der Waals surface area contributed by atoms with Crippen molar-refractivity contribution in [2.24, 2.45) is 0 Å². The number of nitrogens with zero attached hydrogens (tertiary/aromatic N) is 1. The second-order valence-corrected chi connectivity index (χ2v) is 7.77. The van der Waals surface area contributed by atoms with Gasteiger partial charge in [0.05, 0.1) is 45.5 Å². The molecule has 2 aromatic carbocycles. The van der Waals surface area contributed by atoms with E-state index in [0.29, 0.717) is 16.5 Å². The highest BCUT2D eigenvalue weighted by molar-refractivity contribution is 6.31. The molecule has 156 valence electrons. The van der Waals surface area contributed by atoms with Crippen molar-refractivity contribution in [3.8, 4) is 5.75 Å².